The predicted molar refractivity (Wildman–Crippen MR) is 38.8 cm³/mol. The van der Waals surface area contributed by atoms with Gasteiger partial charge in [-0.3, -0.25) is 10.1 Å². The largest absolute Gasteiger partial charge is 0.390 e. The normalized spacial score (nSPS) is 18.9. The first-order valence-electron chi connectivity index (χ1n) is 3.50. The Balaban J connectivity index is 4.00. The van der Waals surface area contributed by atoms with Gasteiger partial charge in [0.05, 0.1) is 6.10 Å². The van der Waals surface area contributed by atoms with Gasteiger partial charge in [-0.2, -0.15) is 0 Å². The molecule has 66 valence electrons. The molecule has 0 rings (SSSR count). The molecule has 0 radical (unpaired) electrons. The SMILES string of the molecule is CCC(O)C(O)C(C)[N+](=O)[O-]. The van der Waals surface area contributed by atoms with Gasteiger partial charge in [0.25, 0.3) is 0 Å². The Kier molecular flexibility index (Phi) is 3.99. The van der Waals surface area contributed by atoms with Gasteiger partial charge in [-0.1, -0.05) is 6.92 Å². The molecule has 0 fully saturated rings. The molecule has 0 spiro atoms. The summed E-state index contributed by atoms with van der Waals surface area (Å²) in [5, 5.41) is 28.2. The van der Waals surface area contributed by atoms with Crippen LogP contribution in [0.4, 0.5) is 0 Å². The summed E-state index contributed by atoms with van der Waals surface area (Å²) >= 11 is 0. The Morgan fingerprint density at radius 1 is 1.55 bits per heavy atom. The first kappa shape index (κ1) is 10.3. The van der Waals surface area contributed by atoms with Crippen LogP contribution in [0.2, 0.25) is 0 Å². The molecule has 0 aromatic rings. The van der Waals surface area contributed by atoms with Crippen molar-refractivity contribution in [2.75, 3.05) is 0 Å². The minimum absolute atomic E-state index is 0.319. The molecule has 0 aromatic heterocycles. The van der Waals surface area contributed by atoms with Gasteiger partial charge >= 0.3 is 0 Å². The van der Waals surface area contributed by atoms with Crippen LogP contribution >= 0.6 is 0 Å². The van der Waals surface area contributed by atoms with E-state index >= 15 is 0 Å². The van der Waals surface area contributed by atoms with Crippen molar-refractivity contribution >= 4 is 0 Å². The molecule has 5 heteroatoms. The van der Waals surface area contributed by atoms with E-state index in [0.717, 1.165) is 0 Å². The van der Waals surface area contributed by atoms with Crippen molar-refractivity contribution in [1.29, 1.82) is 0 Å². The van der Waals surface area contributed by atoms with Crippen molar-refractivity contribution < 1.29 is 15.1 Å². The van der Waals surface area contributed by atoms with Gasteiger partial charge in [0.2, 0.25) is 6.04 Å². The maximum absolute atomic E-state index is 10.1. The molecule has 3 unspecified atom stereocenters. The Morgan fingerprint density at radius 2 is 2.00 bits per heavy atom. The Labute approximate surface area is 64.8 Å². The van der Waals surface area contributed by atoms with Crippen LogP contribution in [0.1, 0.15) is 20.3 Å². The first-order chi connectivity index (χ1) is 5.00. The number of hydrogen-bond acceptors (Lipinski definition) is 4. The van der Waals surface area contributed by atoms with Crippen molar-refractivity contribution in [3.05, 3.63) is 10.1 Å². The van der Waals surface area contributed by atoms with Crippen molar-refractivity contribution in [3.8, 4) is 0 Å². The molecular formula is C6H13NO4. The zero-order valence-corrected chi connectivity index (χ0v) is 6.60. The topological polar surface area (TPSA) is 83.6 Å². The van der Waals surface area contributed by atoms with Gasteiger partial charge in [0, 0.05) is 11.8 Å². The average molecular weight is 163 g/mol. The molecule has 0 aliphatic rings. The third-order valence-corrected chi connectivity index (χ3v) is 1.64. The molecule has 0 saturated carbocycles. The van der Waals surface area contributed by atoms with Gasteiger partial charge in [0.1, 0.15) is 6.10 Å². The monoisotopic (exact) mass is 163 g/mol. The van der Waals surface area contributed by atoms with E-state index in [1.165, 1.54) is 6.92 Å². The molecule has 5 nitrogen and oxygen atoms in total. The maximum atomic E-state index is 10.1. The number of aliphatic hydroxyl groups excluding tert-OH is 2. The lowest BCUT2D eigenvalue weighted by molar-refractivity contribution is -0.532. The molecule has 0 aliphatic carbocycles. The summed E-state index contributed by atoms with van der Waals surface area (Å²) in [4.78, 5) is 9.49. The van der Waals surface area contributed by atoms with Crippen LogP contribution in [0.25, 0.3) is 0 Å². The highest BCUT2D eigenvalue weighted by molar-refractivity contribution is 4.70. The maximum Gasteiger partial charge on any atom is 0.238 e. The Hall–Kier alpha value is -0.680. The lowest BCUT2D eigenvalue weighted by Crippen LogP contribution is -2.39. The summed E-state index contributed by atoms with van der Waals surface area (Å²) in [6.45, 7) is 2.92. The summed E-state index contributed by atoms with van der Waals surface area (Å²) < 4.78 is 0. The minimum atomic E-state index is -1.27. The first-order valence-corrected chi connectivity index (χ1v) is 3.50. The molecule has 0 aromatic carbocycles. The predicted octanol–water partition coefficient (Wildman–Crippen LogP) is -0.217. The molecule has 0 heterocycles. The van der Waals surface area contributed by atoms with E-state index in [9.17, 15) is 10.1 Å². The fourth-order valence-corrected chi connectivity index (χ4v) is 0.688. The molecule has 0 bridgehead atoms. The number of aliphatic hydroxyl groups is 2. The van der Waals surface area contributed by atoms with E-state index in [1.807, 2.05) is 0 Å². The van der Waals surface area contributed by atoms with E-state index in [-0.39, 0.29) is 0 Å². The van der Waals surface area contributed by atoms with Crippen LogP contribution in [0.5, 0.6) is 0 Å². The summed E-state index contributed by atoms with van der Waals surface area (Å²) in [7, 11) is 0. The summed E-state index contributed by atoms with van der Waals surface area (Å²) in [5.74, 6) is 0. The zero-order valence-electron chi connectivity index (χ0n) is 6.60. The lowest BCUT2D eigenvalue weighted by Gasteiger charge is -2.16. The number of hydrogen-bond donors (Lipinski definition) is 2. The van der Waals surface area contributed by atoms with Gasteiger partial charge in [-0.15, -0.1) is 0 Å². The molecular weight excluding hydrogens is 150 g/mol. The van der Waals surface area contributed by atoms with E-state index < -0.39 is 23.2 Å². The van der Waals surface area contributed by atoms with Gasteiger partial charge in [-0.05, 0) is 6.42 Å². The van der Waals surface area contributed by atoms with E-state index in [2.05, 4.69) is 0 Å². The lowest BCUT2D eigenvalue weighted by atomic mass is 10.1. The fourth-order valence-electron chi connectivity index (χ4n) is 0.688. The third kappa shape index (κ3) is 2.81. The second-order valence-corrected chi connectivity index (χ2v) is 2.49. The second-order valence-electron chi connectivity index (χ2n) is 2.49. The van der Waals surface area contributed by atoms with Crippen LogP contribution in [-0.4, -0.2) is 33.4 Å². The third-order valence-electron chi connectivity index (χ3n) is 1.64. The second kappa shape index (κ2) is 4.25. The average Bonchev–Trinajstić information content (AvgIpc) is 2.00. The van der Waals surface area contributed by atoms with E-state index in [1.54, 1.807) is 6.92 Å². The number of nitrogens with zero attached hydrogens (tertiary/aromatic N) is 1. The molecule has 3 atom stereocenters. The van der Waals surface area contributed by atoms with Gasteiger partial charge in [-0.25, -0.2) is 0 Å². The highest BCUT2D eigenvalue weighted by Crippen LogP contribution is 2.05. The van der Waals surface area contributed by atoms with E-state index in [0.29, 0.717) is 6.42 Å². The van der Waals surface area contributed by atoms with Crippen LogP contribution in [0.3, 0.4) is 0 Å². The molecule has 11 heavy (non-hydrogen) atoms. The van der Waals surface area contributed by atoms with Crippen LogP contribution in [0.15, 0.2) is 0 Å². The zero-order chi connectivity index (χ0) is 9.02. The smallest absolute Gasteiger partial charge is 0.238 e. The van der Waals surface area contributed by atoms with Gasteiger partial charge < -0.3 is 10.2 Å². The molecule has 2 N–H and O–H groups in total. The van der Waals surface area contributed by atoms with Crippen molar-refractivity contribution in [2.24, 2.45) is 0 Å². The minimum Gasteiger partial charge on any atom is -0.390 e. The summed E-state index contributed by atoms with van der Waals surface area (Å²) in [5.41, 5.74) is 0. The van der Waals surface area contributed by atoms with Crippen LogP contribution < -0.4 is 0 Å². The summed E-state index contributed by atoms with van der Waals surface area (Å²) in [6, 6.07) is -1.11. The van der Waals surface area contributed by atoms with Crippen molar-refractivity contribution in [1.82, 2.24) is 0 Å². The van der Waals surface area contributed by atoms with E-state index in [4.69, 9.17) is 10.2 Å². The van der Waals surface area contributed by atoms with Crippen LogP contribution in [0, 0.1) is 10.1 Å². The molecule has 0 amide bonds. The fraction of sp³-hybridized carbons (Fsp3) is 1.00. The summed E-state index contributed by atoms with van der Waals surface area (Å²) in [6.07, 6.45) is -1.95. The Morgan fingerprint density at radius 3 is 2.27 bits per heavy atom. The standard InChI is InChI=1S/C6H13NO4/c1-3-5(8)6(9)4(2)7(10)11/h4-6,8-9H,3H2,1-2H3. The van der Waals surface area contributed by atoms with Crippen molar-refractivity contribution in [3.63, 3.8) is 0 Å². The number of nitro groups is 1. The van der Waals surface area contributed by atoms with Crippen molar-refractivity contribution in [2.45, 2.75) is 38.5 Å². The molecule has 0 saturated heterocycles. The van der Waals surface area contributed by atoms with Crippen LogP contribution in [-0.2, 0) is 0 Å². The quantitative estimate of drug-likeness (QED) is 0.443. The Bertz CT molecular complexity index is 139. The molecule has 0 aliphatic heterocycles. The van der Waals surface area contributed by atoms with Gasteiger partial charge in [0.15, 0.2) is 0 Å². The number of rotatable bonds is 4. The highest BCUT2D eigenvalue weighted by atomic mass is 16.6. The highest BCUT2D eigenvalue weighted by Gasteiger charge is 2.29.